The minimum Gasteiger partial charge on any atom is -0.375 e. The highest BCUT2D eigenvalue weighted by Crippen LogP contribution is 2.26. The first kappa shape index (κ1) is 24.1. The van der Waals surface area contributed by atoms with Crippen molar-refractivity contribution >= 4 is 44.8 Å². The van der Waals surface area contributed by atoms with Gasteiger partial charge in [-0.15, -0.1) is 0 Å². The van der Waals surface area contributed by atoms with E-state index in [1.165, 1.54) is 30.3 Å². The second-order valence-electron chi connectivity index (χ2n) is 6.83. The molecule has 0 aliphatic carbocycles. The molecule has 0 aliphatic rings. The van der Waals surface area contributed by atoms with Crippen LogP contribution < -0.4 is 9.62 Å². The van der Waals surface area contributed by atoms with E-state index in [0.29, 0.717) is 23.3 Å². The second-order valence-corrected chi connectivity index (χ2v) is 9.57. The Labute approximate surface area is 197 Å². The van der Waals surface area contributed by atoms with Gasteiger partial charge >= 0.3 is 0 Å². The summed E-state index contributed by atoms with van der Waals surface area (Å²) in [6.45, 7) is 0.554. The molecule has 3 rings (SSSR count). The van der Waals surface area contributed by atoms with Crippen LogP contribution in [0.2, 0.25) is 10.0 Å². The smallest absolute Gasteiger partial charge is 0.264 e. The highest BCUT2D eigenvalue weighted by atomic mass is 35.5. The Balaban J connectivity index is 1.66. The Morgan fingerprint density at radius 3 is 2.31 bits per heavy atom. The van der Waals surface area contributed by atoms with Gasteiger partial charge in [-0.2, -0.15) is 0 Å². The lowest BCUT2D eigenvalue weighted by molar-refractivity contribution is -0.119. The van der Waals surface area contributed by atoms with Gasteiger partial charge in [-0.3, -0.25) is 9.10 Å². The van der Waals surface area contributed by atoms with E-state index in [4.69, 9.17) is 27.9 Å². The zero-order valence-corrected chi connectivity index (χ0v) is 19.4. The van der Waals surface area contributed by atoms with Crippen molar-refractivity contribution in [3.63, 3.8) is 0 Å². The molecule has 0 aliphatic heterocycles. The van der Waals surface area contributed by atoms with E-state index in [0.717, 1.165) is 9.87 Å². The van der Waals surface area contributed by atoms with Gasteiger partial charge in [0.25, 0.3) is 10.0 Å². The summed E-state index contributed by atoms with van der Waals surface area (Å²) in [5.41, 5.74) is 1.31. The third-order valence-corrected chi connectivity index (χ3v) is 6.74. The number of carbonyl (C=O) groups excluding carboxylic acids is 1. The zero-order chi connectivity index (χ0) is 23.0. The molecular formula is C23H22Cl2N2O4S. The lowest BCUT2D eigenvalue weighted by Crippen LogP contribution is -2.41. The highest BCUT2D eigenvalue weighted by molar-refractivity contribution is 7.92. The Hall–Kier alpha value is -2.58. The molecule has 1 amide bonds. The second kappa shape index (κ2) is 11.3. The van der Waals surface area contributed by atoms with E-state index in [1.54, 1.807) is 18.2 Å². The van der Waals surface area contributed by atoms with E-state index < -0.39 is 22.5 Å². The topological polar surface area (TPSA) is 75.7 Å². The van der Waals surface area contributed by atoms with Gasteiger partial charge in [0.1, 0.15) is 6.54 Å². The molecule has 3 aromatic rings. The summed E-state index contributed by atoms with van der Waals surface area (Å²) in [4.78, 5) is 12.6. The maximum Gasteiger partial charge on any atom is 0.264 e. The van der Waals surface area contributed by atoms with Crippen molar-refractivity contribution in [2.75, 3.05) is 24.0 Å². The van der Waals surface area contributed by atoms with Crippen LogP contribution in [0.1, 0.15) is 5.56 Å². The van der Waals surface area contributed by atoms with E-state index in [1.807, 2.05) is 30.3 Å². The van der Waals surface area contributed by atoms with Gasteiger partial charge in [-0.05, 0) is 48.0 Å². The van der Waals surface area contributed by atoms with E-state index in [9.17, 15) is 13.2 Å². The van der Waals surface area contributed by atoms with Gasteiger partial charge in [-0.25, -0.2) is 8.42 Å². The van der Waals surface area contributed by atoms with Crippen LogP contribution in [-0.4, -0.2) is 34.0 Å². The highest BCUT2D eigenvalue weighted by Gasteiger charge is 2.27. The van der Waals surface area contributed by atoms with Crippen molar-refractivity contribution in [3.8, 4) is 0 Å². The van der Waals surface area contributed by atoms with Crippen LogP contribution in [-0.2, 0) is 26.2 Å². The zero-order valence-electron chi connectivity index (χ0n) is 17.1. The molecule has 0 atom stereocenters. The van der Waals surface area contributed by atoms with E-state index in [2.05, 4.69) is 5.32 Å². The molecule has 0 heterocycles. The third-order valence-electron chi connectivity index (χ3n) is 4.47. The molecule has 1 N–H and O–H groups in total. The van der Waals surface area contributed by atoms with Crippen molar-refractivity contribution in [1.29, 1.82) is 0 Å². The Kier molecular flexibility index (Phi) is 8.53. The number of hydrogen-bond acceptors (Lipinski definition) is 4. The van der Waals surface area contributed by atoms with E-state index >= 15 is 0 Å². The Morgan fingerprint density at radius 1 is 0.906 bits per heavy atom. The number of hydrogen-bond donors (Lipinski definition) is 1. The summed E-state index contributed by atoms with van der Waals surface area (Å²) in [5, 5.41) is 3.46. The lowest BCUT2D eigenvalue weighted by atomic mass is 10.2. The molecule has 168 valence electrons. The monoisotopic (exact) mass is 492 g/mol. The van der Waals surface area contributed by atoms with Gasteiger partial charge in [0.2, 0.25) is 5.91 Å². The number of ether oxygens (including phenoxy) is 1. The first-order valence-corrected chi connectivity index (χ1v) is 12.0. The van der Waals surface area contributed by atoms with Crippen LogP contribution in [0.5, 0.6) is 0 Å². The summed E-state index contributed by atoms with van der Waals surface area (Å²) in [7, 11) is -4.03. The number of carbonyl (C=O) groups is 1. The van der Waals surface area contributed by atoms with Gasteiger partial charge in [0.05, 0.1) is 23.8 Å². The number of anilines is 1. The standard InChI is InChI=1S/C23H22Cl2N2O4S/c24-19-9-11-22(12-10-19)32(29,30)27(21-8-4-7-20(25)15-21)16-23(28)26-13-14-31-17-18-5-2-1-3-6-18/h1-12,15H,13-14,16-17H2,(H,26,28). The molecular weight excluding hydrogens is 471 g/mol. The van der Waals surface area contributed by atoms with Gasteiger partial charge in [0, 0.05) is 16.6 Å². The molecule has 0 fully saturated rings. The van der Waals surface area contributed by atoms with Crippen LogP contribution in [0.4, 0.5) is 5.69 Å². The van der Waals surface area contributed by atoms with Crippen LogP contribution in [0.25, 0.3) is 0 Å². The molecule has 0 spiro atoms. The maximum atomic E-state index is 13.3. The average Bonchev–Trinajstić information content (AvgIpc) is 2.78. The van der Waals surface area contributed by atoms with Crippen molar-refractivity contribution in [1.82, 2.24) is 5.32 Å². The number of halogens is 2. The first-order chi connectivity index (χ1) is 15.4. The molecule has 9 heteroatoms. The number of rotatable bonds is 10. The maximum absolute atomic E-state index is 13.3. The minimum absolute atomic E-state index is 0.0147. The predicted octanol–water partition coefficient (Wildman–Crippen LogP) is 4.52. The summed E-state index contributed by atoms with van der Waals surface area (Å²) in [5.74, 6) is -0.467. The number of benzene rings is 3. The van der Waals surface area contributed by atoms with Crippen molar-refractivity contribution in [2.45, 2.75) is 11.5 Å². The fraction of sp³-hybridized carbons (Fsp3) is 0.174. The SMILES string of the molecule is O=C(CN(c1cccc(Cl)c1)S(=O)(=O)c1ccc(Cl)cc1)NCCOCc1ccccc1. The molecule has 0 saturated carbocycles. The fourth-order valence-corrected chi connectivity index (χ4v) is 4.62. The quantitative estimate of drug-likeness (QED) is 0.422. The molecule has 0 unspecified atom stereocenters. The molecule has 32 heavy (non-hydrogen) atoms. The summed E-state index contributed by atoms with van der Waals surface area (Å²) < 4.78 is 33.1. The van der Waals surface area contributed by atoms with Crippen LogP contribution in [0.15, 0.2) is 83.8 Å². The Morgan fingerprint density at radius 2 is 1.62 bits per heavy atom. The van der Waals surface area contributed by atoms with Gasteiger partial charge in [-0.1, -0.05) is 59.6 Å². The van der Waals surface area contributed by atoms with Gasteiger partial charge < -0.3 is 10.1 Å². The molecule has 0 saturated heterocycles. The first-order valence-electron chi connectivity index (χ1n) is 9.78. The fourth-order valence-electron chi connectivity index (χ4n) is 2.89. The number of amides is 1. The number of nitrogens with zero attached hydrogens (tertiary/aromatic N) is 1. The van der Waals surface area contributed by atoms with Crippen LogP contribution >= 0.6 is 23.2 Å². The summed E-state index contributed by atoms with van der Waals surface area (Å²) >= 11 is 11.9. The van der Waals surface area contributed by atoms with Gasteiger partial charge in [0.15, 0.2) is 0 Å². The van der Waals surface area contributed by atoms with Crippen molar-refractivity contribution in [3.05, 3.63) is 94.5 Å². The van der Waals surface area contributed by atoms with Crippen LogP contribution in [0.3, 0.4) is 0 Å². The van der Waals surface area contributed by atoms with Crippen LogP contribution in [0, 0.1) is 0 Å². The predicted molar refractivity (Wildman–Crippen MR) is 127 cm³/mol. The van der Waals surface area contributed by atoms with E-state index in [-0.39, 0.29) is 17.1 Å². The minimum atomic E-state index is -4.03. The van der Waals surface area contributed by atoms with Crippen molar-refractivity contribution < 1.29 is 17.9 Å². The molecule has 3 aromatic carbocycles. The van der Waals surface area contributed by atoms with Crippen molar-refractivity contribution in [2.24, 2.45) is 0 Å². The third kappa shape index (κ3) is 6.71. The molecule has 0 radical (unpaired) electrons. The molecule has 0 aromatic heterocycles. The normalized spacial score (nSPS) is 11.2. The number of nitrogens with one attached hydrogen (secondary N) is 1. The Bertz CT molecular complexity index is 1140. The molecule has 0 bridgehead atoms. The summed E-state index contributed by atoms with van der Waals surface area (Å²) in [6, 6.07) is 21.7. The summed E-state index contributed by atoms with van der Waals surface area (Å²) in [6.07, 6.45) is 0. The average molecular weight is 493 g/mol. The lowest BCUT2D eigenvalue weighted by Gasteiger charge is -2.24. The molecule has 6 nitrogen and oxygen atoms in total. The largest absolute Gasteiger partial charge is 0.375 e. The number of sulfonamides is 1.